The number of ketones is 1. The molecule has 3 heteroatoms. The highest BCUT2D eigenvalue weighted by Crippen LogP contribution is 2.49. The molecule has 0 N–H and O–H groups in total. The Labute approximate surface area is 83.1 Å². The first-order valence-corrected chi connectivity index (χ1v) is 4.95. The average molecular weight is 194 g/mol. The second kappa shape index (κ2) is 3.23. The van der Waals surface area contributed by atoms with Gasteiger partial charge in [0.25, 0.3) is 0 Å². The largest absolute Gasteiger partial charge is 0.469 e. The molecule has 0 aromatic rings. The van der Waals surface area contributed by atoms with Crippen LogP contribution in [0.25, 0.3) is 0 Å². The van der Waals surface area contributed by atoms with Crippen molar-refractivity contribution < 1.29 is 14.3 Å². The van der Waals surface area contributed by atoms with Gasteiger partial charge in [0.05, 0.1) is 13.0 Å². The van der Waals surface area contributed by atoms with Crippen molar-refractivity contribution in [3.8, 4) is 0 Å². The molecule has 0 spiro atoms. The lowest BCUT2D eigenvalue weighted by Crippen LogP contribution is -2.05. The number of ether oxygens (including phenoxy) is 1. The average Bonchev–Trinajstić information content (AvgIpc) is 2.90. The first-order valence-electron chi connectivity index (χ1n) is 4.95. The third-order valence-electron chi connectivity index (χ3n) is 3.26. The Morgan fingerprint density at radius 1 is 1.43 bits per heavy atom. The summed E-state index contributed by atoms with van der Waals surface area (Å²) < 4.78 is 4.68. The van der Waals surface area contributed by atoms with Crippen LogP contribution >= 0.6 is 0 Å². The molecule has 2 aliphatic carbocycles. The molecule has 1 saturated carbocycles. The van der Waals surface area contributed by atoms with Crippen LogP contribution < -0.4 is 0 Å². The van der Waals surface area contributed by atoms with E-state index in [4.69, 9.17) is 0 Å². The van der Waals surface area contributed by atoms with Gasteiger partial charge in [-0.25, -0.2) is 0 Å². The summed E-state index contributed by atoms with van der Waals surface area (Å²) >= 11 is 0. The van der Waals surface area contributed by atoms with E-state index in [0.717, 1.165) is 18.4 Å². The Morgan fingerprint density at radius 3 is 2.64 bits per heavy atom. The predicted octanol–water partition coefficient (Wildman–Crippen LogP) is 1.47. The molecule has 0 aromatic heterocycles. The summed E-state index contributed by atoms with van der Waals surface area (Å²) in [6, 6.07) is 0. The molecule has 0 aromatic carbocycles. The van der Waals surface area contributed by atoms with E-state index in [1.807, 2.05) is 6.92 Å². The van der Waals surface area contributed by atoms with Crippen LogP contribution in [-0.4, -0.2) is 18.9 Å². The topological polar surface area (TPSA) is 43.4 Å². The summed E-state index contributed by atoms with van der Waals surface area (Å²) in [5.41, 5.74) is 2.09. The Hall–Kier alpha value is -1.12. The monoisotopic (exact) mass is 194 g/mol. The third kappa shape index (κ3) is 1.37. The van der Waals surface area contributed by atoms with E-state index in [2.05, 4.69) is 4.74 Å². The van der Waals surface area contributed by atoms with Crippen LogP contribution in [0, 0.1) is 11.8 Å². The van der Waals surface area contributed by atoms with E-state index in [1.54, 1.807) is 0 Å². The van der Waals surface area contributed by atoms with Crippen LogP contribution in [0.1, 0.15) is 26.2 Å². The van der Waals surface area contributed by atoms with Crippen molar-refractivity contribution >= 4 is 11.8 Å². The lowest BCUT2D eigenvalue weighted by atomic mass is 10.1. The Bertz CT molecular complexity index is 327. The minimum atomic E-state index is -0.130. The first-order chi connectivity index (χ1) is 6.65. The first kappa shape index (κ1) is 9.44. The molecule has 0 amide bonds. The maximum Gasteiger partial charge on any atom is 0.309 e. The van der Waals surface area contributed by atoms with Crippen molar-refractivity contribution in [1.82, 2.24) is 0 Å². The number of hydrogen-bond donors (Lipinski definition) is 0. The summed E-state index contributed by atoms with van der Waals surface area (Å²) in [6.07, 6.45) is 2.35. The van der Waals surface area contributed by atoms with Crippen LogP contribution in [0.2, 0.25) is 0 Å². The van der Waals surface area contributed by atoms with Crippen LogP contribution in [0.4, 0.5) is 0 Å². The number of allylic oxidation sites excluding steroid dienone is 2. The van der Waals surface area contributed by atoms with Gasteiger partial charge >= 0.3 is 5.97 Å². The minimum Gasteiger partial charge on any atom is -0.469 e. The molecule has 2 atom stereocenters. The third-order valence-corrected chi connectivity index (χ3v) is 3.26. The van der Waals surface area contributed by atoms with Crippen molar-refractivity contribution in [2.24, 2.45) is 11.8 Å². The van der Waals surface area contributed by atoms with Crippen molar-refractivity contribution in [1.29, 1.82) is 0 Å². The molecule has 3 nitrogen and oxygen atoms in total. The Kier molecular flexibility index (Phi) is 2.17. The zero-order chi connectivity index (χ0) is 10.3. The lowest BCUT2D eigenvalue weighted by Gasteiger charge is -2.00. The van der Waals surface area contributed by atoms with Crippen LogP contribution in [0.15, 0.2) is 11.1 Å². The smallest absolute Gasteiger partial charge is 0.309 e. The zero-order valence-corrected chi connectivity index (χ0v) is 8.50. The molecule has 0 radical (unpaired) electrons. The Morgan fingerprint density at radius 2 is 2.14 bits per heavy atom. The number of methoxy groups -OCH3 is 1. The number of carbonyl (C=O) groups excluding carboxylic acids is 2. The second-order valence-electron chi connectivity index (χ2n) is 4.05. The van der Waals surface area contributed by atoms with Gasteiger partial charge in [-0.15, -0.1) is 0 Å². The van der Waals surface area contributed by atoms with E-state index in [1.165, 1.54) is 12.7 Å². The van der Waals surface area contributed by atoms with Gasteiger partial charge in [-0.2, -0.15) is 0 Å². The molecular weight excluding hydrogens is 180 g/mol. The zero-order valence-electron chi connectivity index (χ0n) is 8.50. The summed E-state index contributed by atoms with van der Waals surface area (Å²) in [6.45, 7) is 1.87. The lowest BCUT2D eigenvalue weighted by molar-refractivity contribution is -0.142. The van der Waals surface area contributed by atoms with Gasteiger partial charge in [0.2, 0.25) is 0 Å². The van der Waals surface area contributed by atoms with Crippen molar-refractivity contribution in [3.05, 3.63) is 11.1 Å². The van der Waals surface area contributed by atoms with E-state index in [9.17, 15) is 9.59 Å². The number of hydrogen-bond acceptors (Lipinski definition) is 3. The van der Waals surface area contributed by atoms with Crippen molar-refractivity contribution in [3.63, 3.8) is 0 Å². The van der Waals surface area contributed by atoms with Gasteiger partial charge in [-0.05, 0) is 31.3 Å². The molecule has 0 heterocycles. The van der Waals surface area contributed by atoms with Gasteiger partial charge in [-0.3, -0.25) is 9.59 Å². The maximum atomic E-state index is 11.3. The van der Waals surface area contributed by atoms with Gasteiger partial charge in [-0.1, -0.05) is 5.57 Å². The van der Waals surface area contributed by atoms with E-state index < -0.39 is 0 Å². The summed E-state index contributed by atoms with van der Waals surface area (Å²) in [4.78, 5) is 22.5. The number of rotatable bonds is 2. The van der Waals surface area contributed by atoms with E-state index in [-0.39, 0.29) is 17.7 Å². The molecular formula is C11H14O3. The highest BCUT2D eigenvalue weighted by molar-refractivity contribution is 5.98. The highest BCUT2D eigenvalue weighted by Gasteiger charge is 2.47. The van der Waals surface area contributed by atoms with Crippen molar-refractivity contribution in [2.75, 3.05) is 7.11 Å². The minimum absolute atomic E-state index is 0.0239. The molecule has 2 rings (SSSR count). The van der Waals surface area contributed by atoms with E-state index in [0.29, 0.717) is 12.3 Å². The molecule has 76 valence electrons. The van der Waals surface area contributed by atoms with Crippen molar-refractivity contribution in [2.45, 2.75) is 26.2 Å². The summed E-state index contributed by atoms with van der Waals surface area (Å²) in [5, 5.41) is 0. The fraction of sp³-hybridized carbons (Fsp3) is 0.636. The number of esters is 1. The van der Waals surface area contributed by atoms with Gasteiger partial charge in [0, 0.05) is 6.42 Å². The molecule has 0 aliphatic heterocycles. The molecule has 0 saturated heterocycles. The quantitative estimate of drug-likeness (QED) is 0.625. The standard InChI is InChI=1S/C11H14O3/c1-6-7(3-4-10(6)12)8-5-9(8)11(13)14-2/h8-9H,3-5H2,1-2H3/t8-,9-/m0/s1. The van der Waals surface area contributed by atoms with Crippen LogP contribution in [0.5, 0.6) is 0 Å². The second-order valence-corrected chi connectivity index (χ2v) is 4.05. The number of carbonyl (C=O) groups is 2. The van der Waals surface area contributed by atoms with Gasteiger partial charge < -0.3 is 4.74 Å². The Balaban J connectivity index is 2.07. The van der Waals surface area contributed by atoms with Gasteiger partial charge in [0.15, 0.2) is 5.78 Å². The summed E-state index contributed by atoms with van der Waals surface area (Å²) in [7, 11) is 1.42. The molecule has 0 unspecified atom stereocenters. The SMILES string of the molecule is COC(=O)[C@H]1C[C@H]1C1=C(C)C(=O)CC1. The predicted molar refractivity (Wildman–Crippen MR) is 50.6 cm³/mol. The molecule has 14 heavy (non-hydrogen) atoms. The highest BCUT2D eigenvalue weighted by atomic mass is 16.5. The molecule has 1 fully saturated rings. The molecule has 2 aliphatic rings. The number of Topliss-reactive ketones (excluding diaryl/α,β-unsaturated/α-hetero) is 1. The van der Waals surface area contributed by atoms with E-state index >= 15 is 0 Å². The fourth-order valence-electron chi connectivity index (χ4n) is 2.26. The van der Waals surface area contributed by atoms with Crippen LogP contribution in [0.3, 0.4) is 0 Å². The summed E-state index contributed by atoms with van der Waals surface area (Å²) in [5.74, 6) is 0.440. The fourth-order valence-corrected chi connectivity index (χ4v) is 2.26. The normalized spacial score (nSPS) is 30.9. The van der Waals surface area contributed by atoms with Gasteiger partial charge in [0.1, 0.15) is 0 Å². The van der Waals surface area contributed by atoms with Crippen LogP contribution in [-0.2, 0) is 14.3 Å². The molecule has 0 bridgehead atoms. The maximum absolute atomic E-state index is 11.3.